The number of aryl methyl sites for hydroxylation is 2. The first-order valence-electron chi connectivity index (χ1n) is 4.85. The van der Waals surface area contributed by atoms with E-state index < -0.39 is 0 Å². The van der Waals surface area contributed by atoms with Gasteiger partial charge in [-0.2, -0.15) is 59.7 Å². The zero-order chi connectivity index (χ0) is 11.1. The zero-order valence-corrected chi connectivity index (χ0v) is 12.5. The van der Waals surface area contributed by atoms with Gasteiger partial charge >= 0.3 is 0 Å². The normalized spacial score (nSPS) is 8.38. The number of nitrogen functional groups attached to an aromatic ring is 1. The van der Waals surface area contributed by atoms with Crippen molar-refractivity contribution in [3.63, 3.8) is 0 Å². The third kappa shape index (κ3) is 6.76. The fraction of sp³-hybridized carbons (Fsp3) is 0.143. The molecular weight excluding hydrogens is 271 g/mol. The van der Waals surface area contributed by atoms with E-state index in [-0.39, 0.29) is 32.7 Å². The Kier molecular flexibility index (Phi) is 8.14. The predicted octanol–water partition coefficient (Wildman–Crippen LogP) is 3.17. The van der Waals surface area contributed by atoms with Gasteiger partial charge in [0.05, 0.1) is 0 Å². The predicted molar refractivity (Wildman–Crippen MR) is 64.4 cm³/mol. The maximum Gasteiger partial charge on any atom is 0 e. The first kappa shape index (κ1) is 15.3. The van der Waals surface area contributed by atoms with Gasteiger partial charge in [0, 0.05) is 32.7 Å². The van der Waals surface area contributed by atoms with Crippen molar-refractivity contribution in [1.82, 2.24) is 0 Å². The van der Waals surface area contributed by atoms with Gasteiger partial charge in [-0.1, -0.05) is 19.5 Å². The van der Waals surface area contributed by atoms with Crippen LogP contribution in [0, 0.1) is 26.0 Å². The fourth-order valence-corrected chi connectivity index (χ4v) is 0.988. The molecule has 2 heteroatoms. The van der Waals surface area contributed by atoms with Crippen LogP contribution in [0.15, 0.2) is 42.5 Å². The number of anilines is 1. The first-order valence-corrected chi connectivity index (χ1v) is 4.85. The smallest absolute Gasteiger partial charge is 0 e. The molecule has 0 atom stereocenters. The molecular formula is C14H15NY-2. The Morgan fingerprint density at radius 3 is 2.06 bits per heavy atom. The molecule has 0 aliphatic rings. The molecule has 0 amide bonds. The average Bonchev–Trinajstić information content (AvgIpc) is 2.25. The second-order valence-corrected chi connectivity index (χ2v) is 3.37. The van der Waals surface area contributed by atoms with Crippen LogP contribution in [0.5, 0.6) is 0 Å². The number of hydrogen-bond donors (Lipinski definition) is 1. The Bertz CT molecular complexity index is 360. The summed E-state index contributed by atoms with van der Waals surface area (Å²) in [5.41, 5.74) is 8.48. The van der Waals surface area contributed by atoms with Gasteiger partial charge < -0.3 is 5.73 Å². The minimum absolute atomic E-state index is 0. The molecule has 2 aromatic rings. The summed E-state index contributed by atoms with van der Waals surface area (Å²) in [5, 5.41) is 0. The fourth-order valence-electron chi connectivity index (χ4n) is 0.988. The van der Waals surface area contributed by atoms with Gasteiger partial charge in [-0.05, 0) is 0 Å². The summed E-state index contributed by atoms with van der Waals surface area (Å²) in [4.78, 5) is 0. The van der Waals surface area contributed by atoms with Crippen LogP contribution in [-0.2, 0) is 32.7 Å². The minimum Gasteiger partial charge on any atom is -0.420 e. The molecule has 0 bridgehead atoms. The van der Waals surface area contributed by atoms with Gasteiger partial charge in [-0.25, -0.2) is 0 Å². The molecule has 0 saturated carbocycles. The molecule has 1 nitrogen and oxygen atoms in total. The van der Waals surface area contributed by atoms with E-state index in [1.165, 1.54) is 11.1 Å². The van der Waals surface area contributed by atoms with E-state index in [2.05, 4.69) is 31.2 Å². The third-order valence-corrected chi connectivity index (χ3v) is 1.86. The van der Waals surface area contributed by atoms with Crippen molar-refractivity contribution in [3.8, 4) is 0 Å². The quantitative estimate of drug-likeness (QED) is 0.584. The Morgan fingerprint density at radius 1 is 1.00 bits per heavy atom. The maximum atomic E-state index is 5.30. The molecule has 1 radical (unpaired) electrons. The molecule has 0 spiro atoms. The Morgan fingerprint density at radius 2 is 1.75 bits per heavy atom. The Labute approximate surface area is 123 Å². The molecule has 2 rings (SSSR count). The van der Waals surface area contributed by atoms with E-state index in [4.69, 9.17) is 5.73 Å². The number of rotatable bonds is 0. The molecule has 81 valence electrons. The van der Waals surface area contributed by atoms with Crippen LogP contribution >= 0.6 is 0 Å². The second-order valence-electron chi connectivity index (χ2n) is 3.37. The number of benzene rings is 2. The van der Waals surface area contributed by atoms with E-state index in [0.717, 1.165) is 0 Å². The van der Waals surface area contributed by atoms with Crippen molar-refractivity contribution >= 4 is 5.69 Å². The Hall–Kier alpha value is -0.656. The molecule has 2 N–H and O–H groups in total. The number of hydrogen-bond acceptors (Lipinski definition) is 1. The molecule has 0 saturated heterocycles. The summed E-state index contributed by atoms with van der Waals surface area (Å²) >= 11 is 0. The molecule has 16 heavy (non-hydrogen) atoms. The van der Waals surface area contributed by atoms with Crippen LogP contribution in [0.25, 0.3) is 0 Å². The number of para-hydroxylation sites is 1. The van der Waals surface area contributed by atoms with Gasteiger partial charge in [0.1, 0.15) is 0 Å². The molecule has 2 aromatic carbocycles. The maximum absolute atomic E-state index is 5.30. The van der Waals surface area contributed by atoms with Crippen molar-refractivity contribution in [2.75, 3.05) is 5.73 Å². The van der Waals surface area contributed by atoms with Crippen molar-refractivity contribution < 1.29 is 32.7 Å². The summed E-state index contributed by atoms with van der Waals surface area (Å²) in [7, 11) is 0. The van der Waals surface area contributed by atoms with Gasteiger partial charge in [0.2, 0.25) is 0 Å². The van der Waals surface area contributed by atoms with Crippen LogP contribution in [-0.4, -0.2) is 0 Å². The van der Waals surface area contributed by atoms with E-state index in [9.17, 15) is 0 Å². The second kappa shape index (κ2) is 8.49. The largest absolute Gasteiger partial charge is 0.420 e. The average molecular weight is 286 g/mol. The van der Waals surface area contributed by atoms with Gasteiger partial charge in [-0.3, -0.25) is 0 Å². The van der Waals surface area contributed by atoms with Gasteiger partial charge in [0.25, 0.3) is 0 Å². The van der Waals surface area contributed by atoms with Crippen molar-refractivity contribution in [1.29, 1.82) is 0 Å². The zero-order valence-electron chi connectivity index (χ0n) is 9.70. The van der Waals surface area contributed by atoms with E-state index in [0.29, 0.717) is 5.69 Å². The molecule has 0 aliphatic carbocycles. The van der Waals surface area contributed by atoms with Crippen molar-refractivity contribution in [2.45, 2.75) is 13.8 Å². The molecule has 0 aromatic heterocycles. The third-order valence-electron chi connectivity index (χ3n) is 1.86. The summed E-state index contributed by atoms with van der Waals surface area (Å²) in [6.07, 6.45) is 0. The molecule has 0 fully saturated rings. The van der Waals surface area contributed by atoms with E-state index in [1.54, 1.807) is 12.1 Å². The summed E-state index contributed by atoms with van der Waals surface area (Å²) in [6.45, 7) is 4.11. The van der Waals surface area contributed by atoms with Crippen LogP contribution in [0.2, 0.25) is 0 Å². The molecule has 0 aliphatic heterocycles. The molecule has 0 heterocycles. The SMILES string of the molecule is Cc1[c-]cc(C)cc1.Nc1[c-]cccc1.[Y]. The minimum atomic E-state index is 0. The van der Waals surface area contributed by atoms with E-state index in [1.807, 2.05) is 25.1 Å². The summed E-state index contributed by atoms with van der Waals surface area (Å²) < 4.78 is 0. The van der Waals surface area contributed by atoms with E-state index >= 15 is 0 Å². The number of nitrogens with two attached hydrogens (primary N) is 1. The van der Waals surface area contributed by atoms with Crippen LogP contribution < -0.4 is 5.73 Å². The van der Waals surface area contributed by atoms with Crippen LogP contribution in [0.3, 0.4) is 0 Å². The van der Waals surface area contributed by atoms with Crippen molar-refractivity contribution in [3.05, 3.63) is 65.7 Å². The molecule has 0 unspecified atom stereocenters. The van der Waals surface area contributed by atoms with Crippen LogP contribution in [0.4, 0.5) is 5.69 Å². The first-order chi connectivity index (χ1) is 7.18. The van der Waals surface area contributed by atoms with Gasteiger partial charge in [-0.15, -0.1) is 6.07 Å². The topological polar surface area (TPSA) is 26.0 Å². The standard InChI is InChI=1S/C8H9.C6H6N.Y/c1-7-3-5-8(2)6-4-7;7-6-4-2-1-3-5-6;/h3-5H,1-2H3;1-4H,7H2;/q2*-1;. The van der Waals surface area contributed by atoms with Gasteiger partial charge in [0.15, 0.2) is 0 Å². The summed E-state index contributed by atoms with van der Waals surface area (Å²) in [5.74, 6) is 0. The van der Waals surface area contributed by atoms with Crippen LogP contribution in [0.1, 0.15) is 11.1 Å². The Balaban J connectivity index is 0.000000267. The van der Waals surface area contributed by atoms with Crippen molar-refractivity contribution in [2.24, 2.45) is 0 Å². The summed E-state index contributed by atoms with van der Waals surface area (Å²) in [6, 6.07) is 19.4. The monoisotopic (exact) mass is 286 g/mol.